The third kappa shape index (κ3) is 1.97. The van der Waals surface area contributed by atoms with Crippen molar-refractivity contribution in [3.05, 3.63) is 59.2 Å². The van der Waals surface area contributed by atoms with Crippen LogP contribution in [-0.2, 0) is 15.0 Å². The highest BCUT2D eigenvalue weighted by Gasteiger charge is 2.55. The molecular weight excluding hydrogens is 338 g/mol. The van der Waals surface area contributed by atoms with Gasteiger partial charge in [-0.2, -0.15) is 0 Å². The molecule has 2 aromatic rings. The standard InChI is InChI=1S/C19H13NO6/c21-16-12-3-1-2-4-13(12)17(22)20(16)26-18(23)19(7-8-19)11-5-6-14-15(9-11)25-10-24-14/h1-6,9H,7-8,10H2. The molecule has 26 heavy (non-hydrogen) atoms. The topological polar surface area (TPSA) is 82.1 Å². The molecule has 7 heteroatoms. The quantitative estimate of drug-likeness (QED) is 0.789. The second kappa shape index (κ2) is 5.08. The maximum absolute atomic E-state index is 12.8. The number of hydrogen-bond donors (Lipinski definition) is 0. The van der Waals surface area contributed by atoms with E-state index in [0.717, 1.165) is 5.56 Å². The molecule has 2 amide bonds. The number of fused-ring (bicyclic) bond motifs is 2. The summed E-state index contributed by atoms with van der Waals surface area (Å²) in [6, 6.07) is 11.7. The average molecular weight is 351 g/mol. The lowest BCUT2D eigenvalue weighted by Gasteiger charge is -2.18. The van der Waals surface area contributed by atoms with Gasteiger partial charge in [0.05, 0.1) is 16.5 Å². The summed E-state index contributed by atoms with van der Waals surface area (Å²) in [7, 11) is 0. The molecule has 2 aliphatic heterocycles. The summed E-state index contributed by atoms with van der Waals surface area (Å²) in [5.74, 6) is -0.674. The molecule has 5 rings (SSSR count). The van der Waals surface area contributed by atoms with Crippen molar-refractivity contribution in [3.63, 3.8) is 0 Å². The molecule has 2 heterocycles. The van der Waals surface area contributed by atoms with Crippen LogP contribution in [0.5, 0.6) is 11.5 Å². The first-order chi connectivity index (χ1) is 12.6. The van der Waals surface area contributed by atoms with Crippen LogP contribution < -0.4 is 9.47 Å². The van der Waals surface area contributed by atoms with Crippen LogP contribution >= 0.6 is 0 Å². The first-order valence-electron chi connectivity index (χ1n) is 8.20. The summed E-state index contributed by atoms with van der Waals surface area (Å²) in [4.78, 5) is 42.8. The number of benzene rings is 2. The van der Waals surface area contributed by atoms with Gasteiger partial charge in [0.25, 0.3) is 11.8 Å². The minimum Gasteiger partial charge on any atom is -0.454 e. The van der Waals surface area contributed by atoms with Gasteiger partial charge < -0.3 is 14.3 Å². The Hall–Kier alpha value is -3.35. The number of hydroxylamine groups is 2. The van der Waals surface area contributed by atoms with E-state index in [9.17, 15) is 14.4 Å². The number of amides is 2. The zero-order valence-corrected chi connectivity index (χ0v) is 13.6. The molecule has 1 aliphatic carbocycles. The van der Waals surface area contributed by atoms with Gasteiger partial charge >= 0.3 is 5.97 Å². The molecule has 0 N–H and O–H groups in total. The molecule has 130 valence electrons. The smallest absolute Gasteiger partial charge is 0.343 e. The highest BCUT2D eigenvalue weighted by molar-refractivity contribution is 6.21. The zero-order chi connectivity index (χ0) is 17.9. The summed E-state index contributed by atoms with van der Waals surface area (Å²) < 4.78 is 10.6. The van der Waals surface area contributed by atoms with E-state index < -0.39 is 23.2 Å². The van der Waals surface area contributed by atoms with E-state index in [1.807, 2.05) is 0 Å². The number of carbonyl (C=O) groups excluding carboxylic acids is 3. The van der Waals surface area contributed by atoms with E-state index in [0.29, 0.717) is 29.4 Å². The molecule has 0 spiro atoms. The SMILES string of the molecule is O=C1c2ccccc2C(=O)N1OC(=O)C1(c2ccc3c(c2)OCO3)CC1. The molecule has 3 aliphatic rings. The van der Waals surface area contributed by atoms with Crippen LogP contribution in [0.2, 0.25) is 0 Å². The number of carbonyl (C=O) groups is 3. The van der Waals surface area contributed by atoms with Crippen molar-refractivity contribution in [2.24, 2.45) is 0 Å². The number of nitrogens with zero attached hydrogens (tertiary/aromatic N) is 1. The van der Waals surface area contributed by atoms with Gasteiger partial charge in [-0.15, -0.1) is 0 Å². The number of rotatable bonds is 3. The molecule has 0 radical (unpaired) electrons. The van der Waals surface area contributed by atoms with Gasteiger partial charge in [0.1, 0.15) is 0 Å². The van der Waals surface area contributed by atoms with E-state index in [2.05, 4.69) is 0 Å². The van der Waals surface area contributed by atoms with Gasteiger partial charge in [0.2, 0.25) is 6.79 Å². The van der Waals surface area contributed by atoms with E-state index in [4.69, 9.17) is 14.3 Å². The predicted octanol–water partition coefficient (Wildman–Crippen LogP) is 2.20. The summed E-state index contributed by atoms with van der Waals surface area (Å²) >= 11 is 0. The van der Waals surface area contributed by atoms with Crippen molar-refractivity contribution in [3.8, 4) is 11.5 Å². The van der Waals surface area contributed by atoms with Crippen LogP contribution in [0.25, 0.3) is 0 Å². The van der Waals surface area contributed by atoms with Crippen molar-refractivity contribution < 1.29 is 28.7 Å². The fourth-order valence-corrected chi connectivity index (χ4v) is 3.35. The van der Waals surface area contributed by atoms with E-state index >= 15 is 0 Å². The molecule has 0 saturated heterocycles. The lowest BCUT2D eigenvalue weighted by Crippen LogP contribution is -2.37. The van der Waals surface area contributed by atoms with Crippen LogP contribution in [0.15, 0.2) is 42.5 Å². The first kappa shape index (κ1) is 14.9. The number of imide groups is 1. The molecule has 2 aromatic carbocycles. The summed E-state index contributed by atoms with van der Waals surface area (Å²) in [5, 5.41) is 0.556. The Morgan fingerprint density at radius 1 is 0.962 bits per heavy atom. The Morgan fingerprint density at radius 2 is 1.62 bits per heavy atom. The minimum absolute atomic E-state index is 0.144. The molecule has 1 fully saturated rings. The van der Waals surface area contributed by atoms with Crippen molar-refractivity contribution in [1.29, 1.82) is 0 Å². The predicted molar refractivity (Wildman–Crippen MR) is 86.5 cm³/mol. The molecule has 0 bridgehead atoms. The van der Waals surface area contributed by atoms with Gasteiger partial charge in [0.15, 0.2) is 11.5 Å². The number of hydrogen-bond acceptors (Lipinski definition) is 6. The van der Waals surface area contributed by atoms with Gasteiger partial charge in [-0.05, 0) is 42.7 Å². The molecule has 7 nitrogen and oxygen atoms in total. The summed E-state index contributed by atoms with van der Waals surface area (Å²) in [5.41, 5.74) is 0.330. The number of ether oxygens (including phenoxy) is 2. The van der Waals surface area contributed by atoms with Gasteiger partial charge in [-0.3, -0.25) is 9.59 Å². The minimum atomic E-state index is -0.865. The van der Waals surface area contributed by atoms with Crippen LogP contribution in [0.1, 0.15) is 39.1 Å². The van der Waals surface area contributed by atoms with Gasteiger partial charge in [-0.1, -0.05) is 23.3 Å². The maximum atomic E-state index is 12.8. The van der Waals surface area contributed by atoms with Crippen molar-refractivity contribution in [2.45, 2.75) is 18.3 Å². The Morgan fingerprint density at radius 3 is 2.27 bits per heavy atom. The molecule has 0 unspecified atom stereocenters. The Balaban J connectivity index is 1.41. The first-order valence-corrected chi connectivity index (χ1v) is 8.20. The van der Waals surface area contributed by atoms with Crippen LogP contribution in [0, 0.1) is 0 Å². The van der Waals surface area contributed by atoms with Crippen LogP contribution in [0.4, 0.5) is 0 Å². The molecule has 1 saturated carbocycles. The van der Waals surface area contributed by atoms with Crippen molar-refractivity contribution in [1.82, 2.24) is 5.06 Å². The highest BCUT2D eigenvalue weighted by atomic mass is 16.7. The lowest BCUT2D eigenvalue weighted by molar-refractivity contribution is -0.171. The fourth-order valence-electron chi connectivity index (χ4n) is 3.35. The van der Waals surface area contributed by atoms with Gasteiger partial charge in [0, 0.05) is 0 Å². The van der Waals surface area contributed by atoms with E-state index in [1.54, 1.807) is 30.3 Å². The fraction of sp³-hybridized carbons (Fsp3) is 0.211. The second-order valence-corrected chi connectivity index (χ2v) is 6.48. The third-order valence-electron chi connectivity index (χ3n) is 5.00. The lowest BCUT2D eigenvalue weighted by atomic mass is 9.96. The Kier molecular flexibility index (Phi) is 2.92. The Labute approximate surface area is 148 Å². The van der Waals surface area contributed by atoms with Crippen molar-refractivity contribution >= 4 is 17.8 Å². The van der Waals surface area contributed by atoms with Crippen LogP contribution in [0.3, 0.4) is 0 Å². The second-order valence-electron chi connectivity index (χ2n) is 6.48. The molecule has 0 atom stereocenters. The normalized spacial score (nSPS) is 18.7. The molecular formula is C19H13NO6. The van der Waals surface area contributed by atoms with E-state index in [1.165, 1.54) is 12.1 Å². The van der Waals surface area contributed by atoms with Crippen molar-refractivity contribution in [2.75, 3.05) is 6.79 Å². The third-order valence-corrected chi connectivity index (χ3v) is 5.00. The monoisotopic (exact) mass is 351 g/mol. The molecule has 0 aromatic heterocycles. The van der Waals surface area contributed by atoms with Gasteiger partial charge in [-0.25, -0.2) is 4.79 Å². The van der Waals surface area contributed by atoms with Crippen LogP contribution in [-0.4, -0.2) is 29.6 Å². The summed E-state index contributed by atoms with van der Waals surface area (Å²) in [6.45, 7) is 0.144. The highest BCUT2D eigenvalue weighted by Crippen LogP contribution is 2.51. The average Bonchev–Trinajstić information content (AvgIpc) is 3.29. The van der Waals surface area contributed by atoms with E-state index in [-0.39, 0.29) is 17.9 Å². The zero-order valence-electron chi connectivity index (χ0n) is 13.6. The largest absolute Gasteiger partial charge is 0.454 e. The maximum Gasteiger partial charge on any atom is 0.343 e. The summed E-state index contributed by atoms with van der Waals surface area (Å²) in [6.07, 6.45) is 1.16. The Bertz CT molecular complexity index is 943.